The number of aromatic amines is 1. The van der Waals surface area contributed by atoms with Crippen molar-refractivity contribution in [3.63, 3.8) is 0 Å². The monoisotopic (exact) mass is 363 g/mol. The molecule has 1 atom stereocenters. The maximum Gasteiger partial charge on any atom is 0.256 e. The molecule has 5 rings (SSSR count). The van der Waals surface area contributed by atoms with Gasteiger partial charge in [-0.1, -0.05) is 30.3 Å². The summed E-state index contributed by atoms with van der Waals surface area (Å²) in [7, 11) is 0. The summed E-state index contributed by atoms with van der Waals surface area (Å²) in [6, 6.07) is 14.7. The molecule has 0 saturated carbocycles. The van der Waals surface area contributed by atoms with E-state index < -0.39 is 0 Å². The lowest BCUT2D eigenvalue weighted by Gasteiger charge is -2.50. The number of hydrogen-bond donors (Lipinski definition) is 1. The lowest BCUT2D eigenvalue weighted by Crippen LogP contribution is -2.60. The van der Waals surface area contributed by atoms with E-state index in [2.05, 4.69) is 9.88 Å². The van der Waals surface area contributed by atoms with Crippen molar-refractivity contribution in [2.75, 3.05) is 19.6 Å². The molecule has 1 aromatic heterocycles. The van der Waals surface area contributed by atoms with Gasteiger partial charge < -0.3 is 9.88 Å². The zero-order chi connectivity index (χ0) is 18.4. The molecule has 1 unspecified atom stereocenters. The van der Waals surface area contributed by atoms with Crippen LogP contribution < -0.4 is 0 Å². The van der Waals surface area contributed by atoms with Crippen molar-refractivity contribution in [3.05, 3.63) is 71.7 Å². The maximum absolute atomic E-state index is 13.1. The van der Waals surface area contributed by atoms with Crippen LogP contribution >= 0.6 is 0 Å². The zero-order valence-electron chi connectivity index (χ0n) is 15.1. The third-order valence-corrected chi connectivity index (χ3v) is 6.24. The molecule has 0 radical (unpaired) electrons. The second-order valence-electron chi connectivity index (χ2n) is 7.75. The van der Waals surface area contributed by atoms with Gasteiger partial charge in [0, 0.05) is 48.8 Å². The van der Waals surface area contributed by atoms with Gasteiger partial charge in [-0.05, 0) is 36.6 Å². The molecule has 5 heteroatoms. The Kier molecular flexibility index (Phi) is 3.79. The number of benzene rings is 2. The number of hydrogen-bond acceptors (Lipinski definition) is 2. The number of aromatic nitrogens is 1. The van der Waals surface area contributed by atoms with Crippen LogP contribution in [-0.2, 0) is 6.54 Å². The van der Waals surface area contributed by atoms with Crippen LogP contribution in [0.15, 0.2) is 54.7 Å². The summed E-state index contributed by atoms with van der Waals surface area (Å²) >= 11 is 0. The number of fused-ring (bicyclic) bond motifs is 1. The van der Waals surface area contributed by atoms with Gasteiger partial charge in [-0.2, -0.15) is 0 Å². The first-order valence-electron chi connectivity index (χ1n) is 9.50. The fourth-order valence-corrected chi connectivity index (χ4v) is 4.55. The lowest BCUT2D eigenvalue weighted by atomic mass is 9.83. The number of carbonyl (C=O) groups is 1. The van der Waals surface area contributed by atoms with Crippen molar-refractivity contribution < 1.29 is 9.18 Å². The number of nitrogens with one attached hydrogen (secondary N) is 1. The van der Waals surface area contributed by atoms with Gasteiger partial charge in [0.05, 0.1) is 5.56 Å². The predicted octanol–water partition coefficient (Wildman–Crippen LogP) is 3.80. The number of carbonyl (C=O) groups excluding carboxylic acids is 1. The van der Waals surface area contributed by atoms with Gasteiger partial charge in [-0.3, -0.25) is 9.69 Å². The molecular weight excluding hydrogens is 341 g/mol. The van der Waals surface area contributed by atoms with Crippen LogP contribution in [0.4, 0.5) is 4.39 Å². The molecule has 0 aliphatic carbocycles. The third kappa shape index (κ3) is 2.73. The Hall–Kier alpha value is -2.66. The van der Waals surface area contributed by atoms with E-state index in [0.717, 1.165) is 61.1 Å². The second-order valence-corrected chi connectivity index (χ2v) is 7.75. The van der Waals surface area contributed by atoms with E-state index in [4.69, 9.17) is 0 Å². The van der Waals surface area contributed by atoms with Gasteiger partial charge >= 0.3 is 0 Å². The quantitative estimate of drug-likeness (QED) is 0.769. The smallest absolute Gasteiger partial charge is 0.256 e. The summed E-state index contributed by atoms with van der Waals surface area (Å²) in [5.74, 6) is -0.0913. The number of nitrogens with zero attached hydrogens (tertiary/aromatic N) is 2. The third-order valence-electron chi connectivity index (χ3n) is 6.24. The average Bonchev–Trinajstić information content (AvgIpc) is 3.32. The van der Waals surface area contributed by atoms with E-state index in [1.165, 1.54) is 12.1 Å². The minimum atomic E-state index is -0.201. The minimum absolute atomic E-state index is 0.0795. The summed E-state index contributed by atoms with van der Waals surface area (Å²) in [6.07, 6.45) is 3.95. The Bertz CT molecular complexity index is 996. The molecule has 3 heterocycles. The van der Waals surface area contributed by atoms with Crippen LogP contribution in [0.25, 0.3) is 10.9 Å². The highest BCUT2D eigenvalue weighted by Gasteiger charge is 2.50. The Morgan fingerprint density at radius 3 is 2.63 bits per heavy atom. The summed E-state index contributed by atoms with van der Waals surface area (Å²) in [4.78, 5) is 20.7. The van der Waals surface area contributed by atoms with Crippen LogP contribution in [0, 0.1) is 5.82 Å². The molecule has 2 aliphatic rings. The van der Waals surface area contributed by atoms with Gasteiger partial charge in [0.2, 0.25) is 0 Å². The first-order valence-corrected chi connectivity index (χ1v) is 9.50. The molecule has 1 amide bonds. The summed E-state index contributed by atoms with van der Waals surface area (Å²) in [5.41, 5.74) is 2.95. The second kappa shape index (κ2) is 6.20. The minimum Gasteiger partial charge on any atom is -0.360 e. The SMILES string of the molecule is O=C(c1c[nH]c2ccccc12)N1CCC2(CCN2Cc2ccc(F)cc2)C1. The highest BCUT2D eigenvalue weighted by molar-refractivity contribution is 6.06. The first-order chi connectivity index (χ1) is 13.1. The molecule has 2 aliphatic heterocycles. The van der Waals surface area contributed by atoms with Crippen LogP contribution in [0.3, 0.4) is 0 Å². The standard InChI is InChI=1S/C22H22FN3O/c23-17-7-5-16(6-8-17)14-26-12-10-22(26)9-11-25(15-22)21(27)19-13-24-20-4-2-1-3-18(19)20/h1-8,13,24H,9-12,14-15H2. The Morgan fingerprint density at radius 1 is 1.07 bits per heavy atom. The first kappa shape index (κ1) is 16.5. The summed E-state index contributed by atoms with van der Waals surface area (Å²) < 4.78 is 13.1. The summed E-state index contributed by atoms with van der Waals surface area (Å²) in [6.45, 7) is 3.41. The number of halogens is 1. The van der Waals surface area contributed by atoms with Crippen molar-refractivity contribution >= 4 is 16.8 Å². The van der Waals surface area contributed by atoms with Crippen LogP contribution in [-0.4, -0.2) is 45.9 Å². The fourth-order valence-electron chi connectivity index (χ4n) is 4.55. The van der Waals surface area contributed by atoms with Crippen molar-refractivity contribution in [3.8, 4) is 0 Å². The molecule has 2 saturated heterocycles. The molecule has 1 N–H and O–H groups in total. The van der Waals surface area contributed by atoms with E-state index in [9.17, 15) is 9.18 Å². The van der Waals surface area contributed by atoms with E-state index in [1.807, 2.05) is 47.5 Å². The van der Waals surface area contributed by atoms with Gasteiger partial charge in [0.15, 0.2) is 0 Å². The molecule has 4 nitrogen and oxygen atoms in total. The number of likely N-dealkylation sites (tertiary alicyclic amines) is 2. The molecule has 2 aromatic carbocycles. The maximum atomic E-state index is 13.1. The van der Waals surface area contributed by atoms with E-state index in [1.54, 1.807) is 0 Å². The Balaban J connectivity index is 1.32. The molecule has 27 heavy (non-hydrogen) atoms. The average molecular weight is 363 g/mol. The van der Waals surface area contributed by atoms with Gasteiger partial charge in [0.1, 0.15) is 5.82 Å². The highest BCUT2D eigenvalue weighted by Crippen LogP contribution is 2.40. The number of amides is 1. The van der Waals surface area contributed by atoms with Gasteiger partial charge in [-0.15, -0.1) is 0 Å². The van der Waals surface area contributed by atoms with Gasteiger partial charge in [-0.25, -0.2) is 4.39 Å². The van der Waals surface area contributed by atoms with E-state index in [-0.39, 0.29) is 17.3 Å². The normalized spacial score (nSPS) is 22.5. The number of para-hydroxylation sites is 1. The van der Waals surface area contributed by atoms with Gasteiger partial charge in [0.25, 0.3) is 5.91 Å². The number of rotatable bonds is 3. The van der Waals surface area contributed by atoms with Crippen LogP contribution in [0.2, 0.25) is 0 Å². The Labute approximate surface area is 157 Å². The largest absolute Gasteiger partial charge is 0.360 e. The van der Waals surface area contributed by atoms with Crippen LogP contribution in [0.5, 0.6) is 0 Å². The molecule has 0 bridgehead atoms. The Morgan fingerprint density at radius 2 is 1.85 bits per heavy atom. The number of H-pyrrole nitrogens is 1. The lowest BCUT2D eigenvalue weighted by molar-refractivity contribution is -0.0131. The molecule has 138 valence electrons. The molecule has 1 spiro atoms. The topological polar surface area (TPSA) is 39.3 Å². The fraction of sp³-hybridized carbons (Fsp3) is 0.318. The molecule has 3 aromatic rings. The molecule has 2 fully saturated rings. The van der Waals surface area contributed by atoms with Crippen molar-refractivity contribution in [2.45, 2.75) is 24.9 Å². The van der Waals surface area contributed by atoms with Crippen LogP contribution in [0.1, 0.15) is 28.8 Å². The van der Waals surface area contributed by atoms with E-state index >= 15 is 0 Å². The zero-order valence-corrected chi connectivity index (χ0v) is 15.1. The highest BCUT2D eigenvalue weighted by atomic mass is 19.1. The molecular formula is C22H22FN3O. The predicted molar refractivity (Wildman–Crippen MR) is 103 cm³/mol. The van der Waals surface area contributed by atoms with E-state index in [0.29, 0.717) is 0 Å². The van der Waals surface area contributed by atoms with Crippen molar-refractivity contribution in [1.29, 1.82) is 0 Å². The van der Waals surface area contributed by atoms with Crippen molar-refractivity contribution in [1.82, 2.24) is 14.8 Å². The summed E-state index contributed by atoms with van der Waals surface area (Å²) in [5, 5.41) is 0.986. The van der Waals surface area contributed by atoms with Crippen molar-refractivity contribution in [2.24, 2.45) is 0 Å².